The first-order valence-corrected chi connectivity index (χ1v) is 8.16. The molecule has 0 aliphatic carbocycles. The van der Waals surface area contributed by atoms with Crippen molar-refractivity contribution in [3.05, 3.63) is 40.4 Å². The van der Waals surface area contributed by atoms with Crippen molar-refractivity contribution in [2.45, 2.75) is 6.92 Å². The van der Waals surface area contributed by atoms with Crippen LogP contribution in [-0.2, 0) is 9.59 Å². The quantitative estimate of drug-likeness (QED) is 0.876. The molecule has 0 fully saturated rings. The maximum absolute atomic E-state index is 11.9. The molecule has 1 aromatic rings. The Morgan fingerprint density at radius 3 is 2.77 bits per heavy atom. The summed E-state index contributed by atoms with van der Waals surface area (Å²) in [6.45, 7) is 1.71. The number of benzene rings is 1. The van der Waals surface area contributed by atoms with Gasteiger partial charge in [0.2, 0.25) is 5.91 Å². The van der Waals surface area contributed by atoms with E-state index in [-0.39, 0.29) is 17.6 Å². The van der Waals surface area contributed by atoms with Gasteiger partial charge in [0.25, 0.3) is 5.91 Å². The zero-order valence-corrected chi connectivity index (χ0v) is 14.1. The summed E-state index contributed by atoms with van der Waals surface area (Å²) >= 11 is 4.43. The highest BCUT2D eigenvalue weighted by Crippen LogP contribution is 2.24. The molecule has 2 rings (SSSR count). The van der Waals surface area contributed by atoms with Gasteiger partial charge in [0, 0.05) is 16.2 Å². The first kappa shape index (κ1) is 16.5. The normalized spacial score (nSPS) is 17.3. The molecule has 1 heterocycles. The Morgan fingerprint density at radius 1 is 1.45 bits per heavy atom. The van der Waals surface area contributed by atoms with E-state index in [1.54, 1.807) is 19.1 Å². The van der Waals surface area contributed by atoms with Gasteiger partial charge < -0.3 is 5.32 Å². The predicted octanol–water partition coefficient (Wildman–Crippen LogP) is 3.15. The highest BCUT2D eigenvalue weighted by molar-refractivity contribution is 9.10. The van der Waals surface area contributed by atoms with Gasteiger partial charge in [-0.3, -0.25) is 9.59 Å². The predicted molar refractivity (Wildman–Crippen MR) is 90.5 cm³/mol. The number of nitrogens with one attached hydrogen (secondary N) is 1. The van der Waals surface area contributed by atoms with E-state index in [4.69, 9.17) is 5.26 Å². The van der Waals surface area contributed by atoms with Crippen molar-refractivity contribution in [2.75, 3.05) is 11.1 Å². The van der Waals surface area contributed by atoms with Crippen molar-refractivity contribution in [3.8, 4) is 6.07 Å². The van der Waals surface area contributed by atoms with Crippen LogP contribution in [0.25, 0.3) is 0 Å². The van der Waals surface area contributed by atoms with Gasteiger partial charge in [-0.05, 0) is 36.8 Å². The number of nitriles is 1. The Balaban J connectivity index is 1.94. The van der Waals surface area contributed by atoms with Gasteiger partial charge >= 0.3 is 0 Å². The Kier molecular flexibility index (Phi) is 5.52. The highest BCUT2D eigenvalue weighted by Gasteiger charge is 2.24. The van der Waals surface area contributed by atoms with E-state index in [0.29, 0.717) is 16.3 Å². The molecule has 1 atom stereocenters. The van der Waals surface area contributed by atoms with Crippen LogP contribution in [0.15, 0.2) is 45.4 Å². The number of carbonyl (C=O) groups excluding carboxylic acids is 2. The standard InChI is InChI=1S/C15H12BrN3O2S/c1-9-6-13(20)19-15(12(9)7-17)22-8-14(21)18-11-4-2-10(16)3-5-11/h2-6,12H,8H2,1H3,(H,18,21). The summed E-state index contributed by atoms with van der Waals surface area (Å²) < 4.78 is 0.925. The number of rotatable bonds is 3. The molecule has 2 amide bonds. The molecule has 1 unspecified atom stereocenters. The van der Waals surface area contributed by atoms with Crippen molar-refractivity contribution in [3.63, 3.8) is 0 Å². The van der Waals surface area contributed by atoms with Gasteiger partial charge in [0.15, 0.2) is 0 Å². The average molecular weight is 378 g/mol. The lowest BCUT2D eigenvalue weighted by Gasteiger charge is -2.15. The molecular formula is C15H12BrN3O2S. The third kappa shape index (κ3) is 4.29. The van der Waals surface area contributed by atoms with Crippen molar-refractivity contribution in [2.24, 2.45) is 10.9 Å². The van der Waals surface area contributed by atoms with Crippen molar-refractivity contribution in [1.82, 2.24) is 0 Å². The maximum atomic E-state index is 11.9. The molecule has 0 bridgehead atoms. The summed E-state index contributed by atoms with van der Waals surface area (Å²) in [6.07, 6.45) is 1.35. The molecule has 22 heavy (non-hydrogen) atoms. The average Bonchev–Trinajstić information content (AvgIpc) is 2.47. The van der Waals surface area contributed by atoms with E-state index >= 15 is 0 Å². The molecule has 1 aliphatic heterocycles. The zero-order valence-electron chi connectivity index (χ0n) is 11.7. The number of hydrogen-bond acceptors (Lipinski definition) is 4. The van der Waals surface area contributed by atoms with Crippen LogP contribution in [0.1, 0.15) is 6.92 Å². The third-order valence-electron chi connectivity index (χ3n) is 2.88. The van der Waals surface area contributed by atoms with Crippen molar-refractivity contribution in [1.29, 1.82) is 5.26 Å². The number of amides is 2. The summed E-state index contributed by atoms with van der Waals surface area (Å²) in [4.78, 5) is 27.2. The molecule has 0 radical (unpaired) electrons. The van der Waals surface area contributed by atoms with E-state index in [9.17, 15) is 9.59 Å². The van der Waals surface area contributed by atoms with E-state index in [0.717, 1.165) is 16.2 Å². The highest BCUT2D eigenvalue weighted by atomic mass is 79.9. The van der Waals surface area contributed by atoms with Gasteiger partial charge in [0.05, 0.1) is 16.9 Å². The number of halogens is 1. The Bertz CT molecular complexity index is 704. The van der Waals surface area contributed by atoms with Crippen LogP contribution in [0.3, 0.4) is 0 Å². The number of carbonyl (C=O) groups is 2. The molecule has 1 aromatic carbocycles. The van der Waals surface area contributed by atoms with E-state index in [2.05, 4.69) is 32.3 Å². The summed E-state index contributed by atoms with van der Waals surface area (Å²) in [7, 11) is 0. The van der Waals surface area contributed by atoms with Crippen LogP contribution in [0.4, 0.5) is 5.69 Å². The van der Waals surface area contributed by atoms with Gasteiger partial charge in [-0.2, -0.15) is 5.26 Å². The lowest BCUT2D eigenvalue weighted by Crippen LogP contribution is -2.21. The SMILES string of the molecule is CC1=CC(=O)N=C(SCC(=O)Nc2ccc(Br)cc2)C1C#N. The molecule has 7 heteroatoms. The Hall–Kier alpha value is -1.91. The number of allylic oxidation sites excluding steroid dienone is 1. The number of nitrogens with zero attached hydrogens (tertiary/aromatic N) is 2. The Morgan fingerprint density at radius 2 is 2.14 bits per heavy atom. The van der Waals surface area contributed by atoms with Crippen LogP contribution >= 0.6 is 27.7 Å². The molecule has 0 saturated carbocycles. The summed E-state index contributed by atoms with van der Waals surface area (Å²) in [5.41, 5.74) is 1.33. The van der Waals surface area contributed by atoms with Crippen LogP contribution in [-0.4, -0.2) is 22.6 Å². The molecular weight excluding hydrogens is 366 g/mol. The minimum Gasteiger partial charge on any atom is -0.325 e. The van der Waals surface area contributed by atoms with E-state index in [1.165, 1.54) is 6.08 Å². The van der Waals surface area contributed by atoms with Gasteiger partial charge in [-0.25, -0.2) is 4.99 Å². The number of hydrogen-bond donors (Lipinski definition) is 1. The fourth-order valence-electron chi connectivity index (χ4n) is 1.82. The van der Waals surface area contributed by atoms with Crippen LogP contribution < -0.4 is 5.32 Å². The third-order valence-corrected chi connectivity index (χ3v) is 4.44. The molecule has 0 aromatic heterocycles. The molecule has 0 saturated heterocycles. The summed E-state index contributed by atoms with van der Waals surface area (Å²) in [6, 6.07) is 9.30. The largest absolute Gasteiger partial charge is 0.325 e. The van der Waals surface area contributed by atoms with Crippen LogP contribution in [0, 0.1) is 17.2 Å². The second-order valence-electron chi connectivity index (χ2n) is 4.58. The number of aliphatic imine (C=N–C) groups is 1. The fraction of sp³-hybridized carbons (Fsp3) is 0.200. The molecule has 0 spiro atoms. The first-order valence-electron chi connectivity index (χ1n) is 6.38. The van der Waals surface area contributed by atoms with Crippen LogP contribution in [0.5, 0.6) is 0 Å². The monoisotopic (exact) mass is 377 g/mol. The number of dihydropyridines is 1. The minimum absolute atomic E-state index is 0.0909. The van der Waals surface area contributed by atoms with Crippen molar-refractivity contribution >= 4 is 50.2 Å². The lowest BCUT2D eigenvalue weighted by molar-refractivity contribution is -0.114. The zero-order chi connectivity index (χ0) is 16.1. The topological polar surface area (TPSA) is 82.3 Å². The maximum Gasteiger partial charge on any atom is 0.270 e. The van der Waals surface area contributed by atoms with Gasteiger partial charge in [0.1, 0.15) is 5.92 Å². The van der Waals surface area contributed by atoms with Gasteiger partial charge in [-0.1, -0.05) is 27.7 Å². The summed E-state index contributed by atoms with van der Waals surface area (Å²) in [5.74, 6) is -1.07. The second-order valence-corrected chi connectivity index (χ2v) is 6.49. The molecule has 112 valence electrons. The summed E-state index contributed by atoms with van der Waals surface area (Å²) in [5, 5.41) is 12.3. The fourth-order valence-corrected chi connectivity index (χ4v) is 3.00. The second kappa shape index (κ2) is 7.38. The molecule has 1 N–H and O–H groups in total. The molecule has 5 nitrogen and oxygen atoms in total. The number of anilines is 1. The smallest absolute Gasteiger partial charge is 0.270 e. The van der Waals surface area contributed by atoms with Crippen molar-refractivity contribution < 1.29 is 9.59 Å². The lowest BCUT2D eigenvalue weighted by atomic mass is 10.0. The first-order chi connectivity index (χ1) is 10.5. The molecule has 1 aliphatic rings. The van der Waals surface area contributed by atoms with E-state index < -0.39 is 5.92 Å². The van der Waals surface area contributed by atoms with Gasteiger partial charge in [-0.15, -0.1) is 0 Å². The van der Waals surface area contributed by atoms with Crippen LogP contribution in [0.2, 0.25) is 0 Å². The minimum atomic E-state index is -0.553. The number of thioether (sulfide) groups is 1. The van der Waals surface area contributed by atoms with E-state index in [1.807, 2.05) is 12.1 Å². The Labute approximate surface area is 140 Å².